The largest absolute Gasteiger partial charge is 0.481 e. The summed E-state index contributed by atoms with van der Waals surface area (Å²) < 4.78 is 0. The summed E-state index contributed by atoms with van der Waals surface area (Å²) in [4.78, 5) is 22.9. The van der Waals surface area contributed by atoms with Gasteiger partial charge in [-0.2, -0.15) is 0 Å². The maximum absolute atomic E-state index is 11.7. The van der Waals surface area contributed by atoms with Gasteiger partial charge < -0.3 is 15.7 Å². The highest BCUT2D eigenvalue weighted by atomic mass is 16.4. The molecule has 5 heteroatoms. The fourth-order valence-corrected chi connectivity index (χ4v) is 3.34. The molecule has 2 aliphatic rings. The number of hydrogen-bond acceptors (Lipinski definition) is 2. The minimum atomic E-state index is -0.779. The van der Waals surface area contributed by atoms with Gasteiger partial charge in [-0.25, -0.2) is 4.79 Å². The summed E-state index contributed by atoms with van der Waals surface area (Å²) in [5, 5.41) is 14.8. The van der Waals surface area contributed by atoms with Crippen LogP contribution < -0.4 is 10.6 Å². The third-order valence-corrected chi connectivity index (χ3v) is 4.13. The van der Waals surface area contributed by atoms with Crippen LogP contribution in [0.4, 0.5) is 4.79 Å². The molecule has 100 valence electrons. The fourth-order valence-electron chi connectivity index (χ4n) is 3.34. The highest BCUT2D eigenvalue weighted by Gasteiger charge is 2.51. The van der Waals surface area contributed by atoms with Gasteiger partial charge in [-0.15, -0.1) is 6.58 Å². The maximum atomic E-state index is 11.7. The van der Waals surface area contributed by atoms with Gasteiger partial charge in [-0.1, -0.05) is 6.08 Å². The van der Waals surface area contributed by atoms with Crippen molar-refractivity contribution >= 4 is 12.0 Å². The predicted molar refractivity (Wildman–Crippen MR) is 67.1 cm³/mol. The number of carbonyl (C=O) groups is 2. The maximum Gasteiger partial charge on any atom is 0.315 e. The Hall–Kier alpha value is -1.52. The van der Waals surface area contributed by atoms with Crippen LogP contribution >= 0.6 is 0 Å². The van der Waals surface area contributed by atoms with Gasteiger partial charge in [0.15, 0.2) is 0 Å². The number of aliphatic carboxylic acids is 1. The molecule has 2 fully saturated rings. The van der Waals surface area contributed by atoms with Crippen molar-refractivity contribution in [3.63, 3.8) is 0 Å². The van der Waals surface area contributed by atoms with Crippen molar-refractivity contribution in [3.8, 4) is 0 Å². The molecule has 2 amide bonds. The smallest absolute Gasteiger partial charge is 0.315 e. The molecule has 2 rings (SSSR count). The van der Waals surface area contributed by atoms with Crippen LogP contribution in [0, 0.1) is 17.8 Å². The van der Waals surface area contributed by atoms with E-state index in [9.17, 15) is 14.7 Å². The van der Waals surface area contributed by atoms with Gasteiger partial charge in [0.2, 0.25) is 0 Å². The molecule has 0 aromatic heterocycles. The van der Waals surface area contributed by atoms with Gasteiger partial charge in [0.25, 0.3) is 0 Å². The number of carboxylic acids is 1. The zero-order chi connectivity index (χ0) is 13.1. The molecular weight excluding hydrogens is 232 g/mol. The molecule has 0 saturated heterocycles. The topological polar surface area (TPSA) is 78.4 Å². The summed E-state index contributed by atoms with van der Waals surface area (Å²) in [5.41, 5.74) is 0. The second-order valence-corrected chi connectivity index (χ2v) is 5.20. The van der Waals surface area contributed by atoms with E-state index in [0.29, 0.717) is 18.9 Å². The Labute approximate surface area is 107 Å². The van der Waals surface area contributed by atoms with Crippen LogP contribution in [0.15, 0.2) is 12.7 Å². The molecule has 0 aromatic rings. The first kappa shape index (κ1) is 12.9. The van der Waals surface area contributed by atoms with Gasteiger partial charge in [0, 0.05) is 12.6 Å². The van der Waals surface area contributed by atoms with Crippen molar-refractivity contribution in [1.29, 1.82) is 0 Å². The van der Waals surface area contributed by atoms with Gasteiger partial charge in [-0.05, 0) is 37.5 Å². The van der Waals surface area contributed by atoms with E-state index in [0.717, 1.165) is 19.3 Å². The lowest BCUT2D eigenvalue weighted by Crippen LogP contribution is -2.50. The number of carboxylic acid groups (broad SMARTS) is 1. The SMILES string of the molecule is C=CCCNC(=O)NC1C2CCC(C2)C1C(=O)O. The van der Waals surface area contributed by atoms with Crippen LogP contribution in [0.5, 0.6) is 0 Å². The van der Waals surface area contributed by atoms with E-state index in [1.54, 1.807) is 6.08 Å². The lowest BCUT2D eigenvalue weighted by Gasteiger charge is -2.28. The van der Waals surface area contributed by atoms with E-state index >= 15 is 0 Å². The number of fused-ring (bicyclic) bond motifs is 2. The van der Waals surface area contributed by atoms with Crippen molar-refractivity contribution in [3.05, 3.63) is 12.7 Å². The van der Waals surface area contributed by atoms with Crippen LogP contribution in [0.3, 0.4) is 0 Å². The van der Waals surface area contributed by atoms with Crippen LogP contribution in [0.2, 0.25) is 0 Å². The molecule has 0 spiro atoms. The van der Waals surface area contributed by atoms with E-state index in [-0.39, 0.29) is 18.0 Å². The van der Waals surface area contributed by atoms with E-state index < -0.39 is 11.9 Å². The Kier molecular flexibility index (Phi) is 3.89. The van der Waals surface area contributed by atoms with Crippen molar-refractivity contribution in [2.24, 2.45) is 17.8 Å². The van der Waals surface area contributed by atoms with Gasteiger partial charge in [-0.3, -0.25) is 4.79 Å². The summed E-state index contributed by atoms with van der Waals surface area (Å²) in [6, 6.07) is -0.467. The lowest BCUT2D eigenvalue weighted by molar-refractivity contribution is -0.144. The molecule has 0 aliphatic heterocycles. The molecule has 18 heavy (non-hydrogen) atoms. The molecular formula is C13H20N2O3. The first-order valence-corrected chi connectivity index (χ1v) is 6.51. The van der Waals surface area contributed by atoms with Crippen molar-refractivity contribution < 1.29 is 14.7 Å². The number of hydrogen-bond donors (Lipinski definition) is 3. The molecule has 5 nitrogen and oxygen atoms in total. The minimum Gasteiger partial charge on any atom is -0.481 e. The molecule has 4 atom stereocenters. The second kappa shape index (κ2) is 5.42. The number of carbonyl (C=O) groups excluding carboxylic acids is 1. The zero-order valence-electron chi connectivity index (χ0n) is 10.4. The summed E-state index contributed by atoms with van der Waals surface area (Å²) >= 11 is 0. The Morgan fingerprint density at radius 3 is 2.72 bits per heavy atom. The Bertz CT molecular complexity index is 356. The Morgan fingerprint density at radius 2 is 2.06 bits per heavy atom. The summed E-state index contributed by atoms with van der Waals surface area (Å²) in [7, 11) is 0. The lowest BCUT2D eigenvalue weighted by atomic mass is 9.84. The minimum absolute atomic E-state index is 0.204. The second-order valence-electron chi connectivity index (χ2n) is 5.20. The number of urea groups is 1. The Balaban J connectivity index is 1.89. The zero-order valence-corrected chi connectivity index (χ0v) is 10.4. The number of amides is 2. The van der Waals surface area contributed by atoms with Gasteiger partial charge >= 0.3 is 12.0 Å². The first-order valence-electron chi connectivity index (χ1n) is 6.51. The van der Waals surface area contributed by atoms with Crippen molar-refractivity contribution in [1.82, 2.24) is 10.6 Å². The van der Waals surface area contributed by atoms with Crippen molar-refractivity contribution in [2.45, 2.75) is 31.7 Å². The number of rotatable bonds is 5. The van der Waals surface area contributed by atoms with Crippen molar-refractivity contribution in [2.75, 3.05) is 6.54 Å². The third-order valence-electron chi connectivity index (χ3n) is 4.13. The summed E-state index contributed by atoms with van der Waals surface area (Å²) in [6.45, 7) is 4.11. The van der Waals surface area contributed by atoms with E-state index in [1.165, 1.54) is 0 Å². The fraction of sp³-hybridized carbons (Fsp3) is 0.692. The van der Waals surface area contributed by atoms with Crippen LogP contribution in [0.1, 0.15) is 25.7 Å². The molecule has 3 N–H and O–H groups in total. The van der Waals surface area contributed by atoms with Crippen LogP contribution in [-0.4, -0.2) is 29.7 Å². The van der Waals surface area contributed by atoms with Gasteiger partial charge in [0.05, 0.1) is 5.92 Å². The molecule has 2 aliphatic carbocycles. The monoisotopic (exact) mass is 252 g/mol. The highest BCUT2D eigenvalue weighted by molar-refractivity contribution is 5.77. The van der Waals surface area contributed by atoms with Crippen LogP contribution in [-0.2, 0) is 4.79 Å². The average Bonchev–Trinajstić information content (AvgIpc) is 2.89. The van der Waals surface area contributed by atoms with E-state index in [1.807, 2.05) is 0 Å². The van der Waals surface area contributed by atoms with E-state index in [2.05, 4.69) is 17.2 Å². The average molecular weight is 252 g/mol. The Morgan fingerprint density at radius 1 is 1.33 bits per heavy atom. The molecule has 2 saturated carbocycles. The normalized spacial score (nSPS) is 33.1. The standard InChI is InChI=1S/C13H20N2O3/c1-2-3-6-14-13(18)15-11-9-5-4-8(7-9)10(11)12(16)17/h2,8-11H,1,3-7H2,(H,16,17)(H2,14,15,18). The molecule has 2 bridgehead atoms. The van der Waals surface area contributed by atoms with Crippen LogP contribution in [0.25, 0.3) is 0 Å². The van der Waals surface area contributed by atoms with E-state index in [4.69, 9.17) is 0 Å². The molecule has 0 radical (unpaired) electrons. The first-order chi connectivity index (χ1) is 8.63. The number of nitrogens with one attached hydrogen (secondary N) is 2. The molecule has 0 aromatic carbocycles. The highest BCUT2D eigenvalue weighted by Crippen LogP contribution is 2.48. The quantitative estimate of drug-likeness (QED) is 0.510. The summed E-state index contributed by atoms with van der Waals surface area (Å²) in [5.74, 6) is -0.611. The predicted octanol–water partition coefficient (Wildman–Crippen LogP) is 1.36. The molecule has 0 heterocycles. The van der Waals surface area contributed by atoms with Gasteiger partial charge in [0.1, 0.15) is 0 Å². The third kappa shape index (κ3) is 2.49. The molecule has 4 unspecified atom stereocenters. The summed E-state index contributed by atoms with van der Waals surface area (Å²) in [6.07, 6.45) is 5.41.